The Hall–Kier alpha value is -3.61. The third kappa shape index (κ3) is 4.20. The van der Waals surface area contributed by atoms with Gasteiger partial charge in [0.05, 0.1) is 18.5 Å². The van der Waals surface area contributed by atoms with Crippen LogP contribution in [-0.4, -0.2) is 41.9 Å². The molecular formula is C23H24N4O3. The van der Waals surface area contributed by atoms with E-state index in [1.165, 1.54) is 16.8 Å². The molecule has 1 atom stereocenters. The van der Waals surface area contributed by atoms with Crippen LogP contribution in [0.2, 0.25) is 0 Å². The largest absolute Gasteiger partial charge is 0.495 e. The lowest BCUT2D eigenvalue weighted by molar-refractivity contribution is 0.0926. The van der Waals surface area contributed by atoms with Gasteiger partial charge in [-0.1, -0.05) is 30.3 Å². The number of anilines is 1. The van der Waals surface area contributed by atoms with E-state index in [0.717, 1.165) is 30.8 Å². The number of aromatic nitrogens is 2. The number of methoxy groups -OCH3 is 1. The Balaban J connectivity index is 1.49. The van der Waals surface area contributed by atoms with Gasteiger partial charge in [0.1, 0.15) is 11.4 Å². The van der Waals surface area contributed by atoms with Crippen molar-refractivity contribution in [3.8, 4) is 11.4 Å². The van der Waals surface area contributed by atoms with Crippen LogP contribution in [0.1, 0.15) is 23.3 Å². The summed E-state index contributed by atoms with van der Waals surface area (Å²) in [6.07, 6.45) is 1.84. The normalized spacial score (nSPS) is 16.2. The number of para-hydroxylation sites is 3. The number of hydrogen-bond donors (Lipinski definition) is 1. The number of benzene rings is 2. The Kier molecular flexibility index (Phi) is 5.79. The van der Waals surface area contributed by atoms with E-state index < -0.39 is 0 Å². The third-order valence-electron chi connectivity index (χ3n) is 5.22. The molecule has 4 rings (SSSR count). The lowest BCUT2D eigenvalue weighted by Gasteiger charge is -2.35. The molecule has 0 spiro atoms. The minimum atomic E-state index is -0.286. The Morgan fingerprint density at radius 3 is 2.63 bits per heavy atom. The van der Waals surface area contributed by atoms with Gasteiger partial charge in [0.15, 0.2) is 0 Å². The lowest BCUT2D eigenvalue weighted by Crippen LogP contribution is -2.48. The first-order valence-corrected chi connectivity index (χ1v) is 10.0. The second-order valence-corrected chi connectivity index (χ2v) is 7.23. The fourth-order valence-corrected chi connectivity index (χ4v) is 3.75. The molecule has 0 saturated carbocycles. The topological polar surface area (TPSA) is 76.5 Å². The van der Waals surface area contributed by atoms with E-state index in [2.05, 4.69) is 15.3 Å². The zero-order valence-electron chi connectivity index (χ0n) is 16.8. The fraction of sp³-hybridized carbons (Fsp3) is 0.261. The molecule has 1 fully saturated rings. The molecule has 0 bridgehead atoms. The van der Waals surface area contributed by atoms with Crippen LogP contribution < -0.4 is 20.5 Å². The predicted octanol–water partition coefficient (Wildman–Crippen LogP) is 2.64. The molecule has 1 aromatic heterocycles. The van der Waals surface area contributed by atoms with E-state index in [9.17, 15) is 9.59 Å². The second kappa shape index (κ2) is 8.82. The number of rotatable bonds is 5. The molecule has 7 heteroatoms. The van der Waals surface area contributed by atoms with Gasteiger partial charge >= 0.3 is 0 Å². The number of amides is 1. The Labute approximate surface area is 174 Å². The van der Waals surface area contributed by atoms with Gasteiger partial charge in [0, 0.05) is 25.2 Å². The first-order valence-electron chi connectivity index (χ1n) is 10.0. The highest BCUT2D eigenvalue weighted by Gasteiger charge is 2.24. The number of nitrogens with one attached hydrogen (secondary N) is 1. The molecule has 1 unspecified atom stereocenters. The van der Waals surface area contributed by atoms with Crippen molar-refractivity contribution in [2.75, 3.05) is 25.1 Å². The monoisotopic (exact) mass is 404 g/mol. The maximum Gasteiger partial charge on any atom is 0.272 e. The average Bonchev–Trinajstić information content (AvgIpc) is 2.80. The zero-order valence-corrected chi connectivity index (χ0v) is 16.8. The summed E-state index contributed by atoms with van der Waals surface area (Å²) < 4.78 is 6.73. The lowest BCUT2D eigenvalue weighted by atomic mass is 10.0. The average molecular weight is 404 g/mol. The Bertz CT molecular complexity index is 1080. The first-order chi connectivity index (χ1) is 14.7. The van der Waals surface area contributed by atoms with Crippen molar-refractivity contribution in [2.24, 2.45) is 0 Å². The van der Waals surface area contributed by atoms with E-state index in [-0.39, 0.29) is 23.2 Å². The van der Waals surface area contributed by atoms with E-state index in [4.69, 9.17) is 4.74 Å². The summed E-state index contributed by atoms with van der Waals surface area (Å²) in [4.78, 5) is 27.3. The van der Waals surface area contributed by atoms with Crippen molar-refractivity contribution >= 4 is 11.6 Å². The van der Waals surface area contributed by atoms with Crippen LogP contribution >= 0.6 is 0 Å². The van der Waals surface area contributed by atoms with Crippen molar-refractivity contribution < 1.29 is 9.53 Å². The summed E-state index contributed by atoms with van der Waals surface area (Å²) in [5.74, 6) is 0.535. The van der Waals surface area contributed by atoms with Crippen molar-refractivity contribution in [3.63, 3.8) is 0 Å². The summed E-state index contributed by atoms with van der Waals surface area (Å²) in [5.41, 5.74) is 1.58. The zero-order chi connectivity index (χ0) is 20.9. The SMILES string of the molecule is COc1ccccc1N1CCCC(NC(=O)c2ccc(=O)n(-c3ccccc3)n2)C1. The van der Waals surface area contributed by atoms with Crippen molar-refractivity contribution in [2.45, 2.75) is 18.9 Å². The Morgan fingerprint density at radius 2 is 1.83 bits per heavy atom. The molecule has 2 heterocycles. The van der Waals surface area contributed by atoms with Crippen molar-refractivity contribution in [3.05, 3.63) is 82.8 Å². The minimum absolute atomic E-state index is 0.0185. The molecule has 1 N–H and O–H groups in total. The molecule has 7 nitrogen and oxygen atoms in total. The van der Waals surface area contributed by atoms with Gasteiger partial charge in [-0.25, -0.2) is 0 Å². The molecule has 3 aromatic rings. The van der Waals surface area contributed by atoms with E-state index >= 15 is 0 Å². The number of carbonyl (C=O) groups excluding carboxylic acids is 1. The van der Waals surface area contributed by atoms with Crippen LogP contribution in [0.3, 0.4) is 0 Å². The van der Waals surface area contributed by atoms with E-state index in [0.29, 0.717) is 12.2 Å². The number of piperidine rings is 1. The number of nitrogens with zero attached hydrogens (tertiary/aromatic N) is 3. The molecule has 2 aromatic carbocycles. The number of hydrogen-bond acceptors (Lipinski definition) is 5. The third-order valence-corrected chi connectivity index (χ3v) is 5.22. The van der Waals surface area contributed by atoms with Gasteiger partial charge in [-0.15, -0.1) is 0 Å². The molecule has 30 heavy (non-hydrogen) atoms. The van der Waals surface area contributed by atoms with Crippen LogP contribution in [-0.2, 0) is 0 Å². The Morgan fingerprint density at radius 1 is 1.07 bits per heavy atom. The highest BCUT2D eigenvalue weighted by atomic mass is 16.5. The van der Waals surface area contributed by atoms with Gasteiger partial charge in [-0.05, 0) is 43.2 Å². The number of ether oxygens (including phenoxy) is 1. The molecule has 1 aliphatic rings. The quantitative estimate of drug-likeness (QED) is 0.708. The molecule has 1 amide bonds. The van der Waals surface area contributed by atoms with Gasteiger partial charge < -0.3 is 15.0 Å². The van der Waals surface area contributed by atoms with Crippen LogP contribution in [0.4, 0.5) is 5.69 Å². The molecule has 1 aliphatic heterocycles. The maximum atomic E-state index is 12.8. The summed E-state index contributed by atoms with van der Waals surface area (Å²) in [6, 6.07) is 19.8. The van der Waals surface area contributed by atoms with Crippen LogP contribution in [0.5, 0.6) is 5.75 Å². The predicted molar refractivity (Wildman–Crippen MR) is 116 cm³/mol. The smallest absolute Gasteiger partial charge is 0.272 e. The molecule has 0 radical (unpaired) electrons. The van der Waals surface area contributed by atoms with Crippen LogP contribution in [0.25, 0.3) is 5.69 Å². The van der Waals surface area contributed by atoms with Gasteiger partial charge in [0.25, 0.3) is 11.5 Å². The summed E-state index contributed by atoms with van der Waals surface area (Å²) in [5, 5.41) is 7.34. The molecular weight excluding hydrogens is 380 g/mol. The minimum Gasteiger partial charge on any atom is -0.495 e. The maximum absolute atomic E-state index is 12.8. The van der Waals surface area contributed by atoms with Crippen molar-refractivity contribution in [1.82, 2.24) is 15.1 Å². The van der Waals surface area contributed by atoms with Crippen LogP contribution in [0.15, 0.2) is 71.5 Å². The fourth-order valence-electron chi connectivity index (χ4n) is 3.75. The van der Waals surface area contributed by atoms with Crippen LogP contribution in [0, 0.1) is 0 Å². The second-order valence-electron chi connectivity index (χ2n) is 7.23. The van der Waals surface area contributed by atoms with Crippen molar-refractivity contribution in [1.29, 1.82) is 0 Å². The number of carbonyl (C=O) groups is 1. The first kappa shape index (κ1) is 19.7. The summed E-state index contributed by atoms with van der Waals surface area (Å²) in [7, 11) is 1.66. The van der Waals surface area contributed by atoms with Gasteiger partial charge in [-0.2, -0.15) is 9.78 Å². The van der Waals surface area contributed by atoms with Gasteiger partial charge in [0.2, 0.25) is 0 Å². The molecule has 154 valence electrons. The summed E-state index contributed by atoms with van der Waals surface area (Å²) >= 11 is 0. The van der Waals surface area contributed by atoms with E-state index in [1.807, 2.05) is 42.5 Å². The molecule has 0 aliphatic carbocycles. The standard InChI is InChI=1S/C23H24N4O3/c1-30-21-12-6-5-11-20(21)26-15-7-8-17(16-26)24-23(29)19-13-14-22(28)27(25-19)18-9-3-2-4-10-18/h2-6,9-14,17H,7-8,15-16H2,1H3,(H,24,29). The summed E-state index contributed by atoms with van der Waals surface area (Å²) in [6.45, 7) is 1.59. The van der Waals surface area contributed by atoms with E-state index in [1.54, 1.807) is 19.2 Å². The molecule has 1 saturated heterocycles. The van der Waals surface area contributed by atoms with Gasteiger partial charge in [-0.3, -0.25) is 9.59 Å². The highest BCUT2D eigenvalue weighted by molar-refractivity contribution is 5.92. The highest BCUT2D eigenvalue weighted by Crippen LogP contribution is 2.29.